The van der Waals surface area contributed by atoms with Crippen molar-refractivity contribution < 1.29 is 9.18 Å². The Bertz CT molecular complexity index is 860. The van der Waals surface area contributed by atoms with Crippen LogP contribution in [-0.4, -0.2) is 16.1 Å². The Morgan fingerprint density at radius 3 is 2.68 bits per heavy atom. The fourth-order valence-corrected chi connectivity index (χ4v) is 2.41. The highest BCUT2D eigenvalue weighted by molar-refractivity contribution is 6.30. The molecule has 110 valence electrons. The van der Waals surface area contributed by atoms with Gasteiger partial charge in [0.15, 0.2) is 6.29 Å². The molecule has 0 aliphatic carbocycles. The average molecular weight is 316 g/mol. The van der Waals surface area contributed by atoms with Gasteiger partial charge in [0.25, 0.3) is 0 Å². The second-order valence-electron chi connectivity index (χ2n) is 4.66. The molecule has 0 saturated heterocycles. The quantitative estimate of drug-likeness (QED) is 0.749. The van der Waals surface area contributed by atoms with Gasteiger partial charge in [0.2, 0.25) is 0 Å². The van der Waals surface area contributed by atoms with Gasteiger partial charge in [-0.2, -0.15) is 5.10 Å². The van der Waals surface area contributed by atoms with Gasteiger partial charge in [-0.05, 0) is 23.8 Å². The van der Waals surface area contributed by atoms with Crippen LogP contribution >= 0.6 is 11.6 Å². The lowest BCUT2D eigenvalue weighted by Gasteiger charge is -2.07. The van der Waals surface area contributed by atoms with Crippen molar-refractivity contribution >= 4 is 23.7 Å². The summed E-state index contributed by atoms with van der Waals surface area (Å²) in [7, 11) is 0. The first-order valence-corrected chi connectivity index (χ1v) is 6.83. The molecule has 22 heavy (non-hydrogen) atoms. The molecular formula is C16H11ClFN3O. The summed E-state index contributed by atoms with van der Waals surface area (Å²) in [5.74, 6) is -0.167. The lowest BCUT2D eigenvalue weighted by atomic mass is 10.0. The number of halogens is 2. The van der Waals surface area contributed by atoms with Gasteiger partial charge in [0.05, 0.1) is 16.9 Å². The molecule has 0 aliphatic rings. The van der Waals surface area contributed by atoms with Crippen LogP contribution in [0.5, 0.6) is 0 Å². The van der Waals surface area contributed by atoms with E-state index >= 15 is 0 Å². The van der Waals surface area contributed by atoms with Gasteiger partial charge < -0.3 is 5.73 Å². The summed E-state index contributed by atoms with van der Waals surface area (Å²) in [6.07, 6.45) is 2.33. The highest BCUT2D eigenvalue weighted by Crippen LogP contribution is 2.30. The third-order valence-electron chi connectivity index (χ3n) is 3.33. The minimum atomic E-state index is -0.511. The molecule has 3 rings (SSSR count). The first-order chi connectivity index (χ1) is 10.6. The van der Waals surface area contributed by atoms with Crippen LogP contribution in [0.4, 0.5) is 10.2 Å². The predicted octanol–water partition coefficient (Wildman–Crippen LogP) is 3.73. The van der Waals surface area contributed by atoms with Crippen LogP contribution in [0.25, 0.3) is 16.8 Å². The molecule has 2 aromatic carbocycles. The lowest BCUT2D eigenvalue weighted by Crippen LogP contribution is -2.03. The monoisotopic (exact) mass is 315 g/mol. The van der Waals surface area contributed by atoms with Gasteiger partial charge in [-0.25, -0.2) is 9.07 Å². The van der Waals surface area contributed by atoms with Crippen LogP contribution in [0.1, 0.15) is 10.4 Å². The van der Waals surface area contributed by atoms with Crippen molar-refractivity contribution in [2.75, 3.05) is 5.73 Å². The van der Waals surface area contributed by atoms with Crippen molar-refractivity contribution in [2.24, 2.45) is 0 Å². The molecule has 1 heterocycles. The number of aldehydes is 1. The normalized spacial score (nSPS) is 10.6. The van der Waals surface area contributed by atoms with Gasteiger partial charge in [-0.1, -0.05) is 35.9 Å². The van der Waals surface area contributed by atoms with Crippen molar-refractivity contribution in [3.63, 3.8) is 0 Å². The largest absolute Gasteiger partial charge is 0.383 e. The van der Waals surface area contributed by atoms with Crippen molar-refractivity contribution in [1.29, 1.82) is 0 Å². The maximum Gasteiger partial charge on any atom is 0.150 e. The Balaban J connectivity index is 2.13. The number of rotatable bonds is 3. The van der Waals surface area contributed by atoms with Crippen LogP contribution in [0.15, 0.2) is 48.7 Å². The molecule has 0 unspecified atom stereocenters. The zero-order valence-electron chi connectivity index (χ0n) is 11.3. The summed E-state index contributed by atoms with van der Waals surface area (Å²) in [5, 5.41) is 4.19. The van der Waals surface area contributed by atoms with E-state index in [0.717, 1.165) is 6.29 Å². The highest BCUT2D eigenvalue weighted by Gasteiger charge is 2.14. The fourth-order valence-electron chi connectivity index (χ4n) is 2.23. The van der Waals surface area contributed by atoms with Gasteiger partial charge in [0.1, 0.15) is 11.6 Å². The average Bonchev–Trinajstić information content (AvgIpc) is 2.91. The summed E-state index contributed by atoms with van der Waals surface area (Å²) in [6, 6.07) is 11.3. The zero-order valence-corrected chi connectivity index (χ0v) is 12.1. The molecule has 0 amide bonds. The van der Waals surface area contributed by atoms with Crippen molar-refractivity contribution in [2.45, 2.75) is 0 Å². The van der Waals surface area contributed by atoms with E-state index in [1.807, 2.05) is 6.07 Å². The van der Waals surface area contributed by atoms with Crippen LogP contribution in [0, 0.1) is 5.82 Å². The SMILES string of the molecule is Nc1c(-c2ccccc2C=O)cnn1-c1ccc(F)c(Cl)c1. The number of anilines is 1. The molecule has 2 N–H and O–H groups in total. The molecule has 0 atom stereocenters. The Labute approximate surface area is 130 Å². The number of nitrogens with zero attached hydrogens (tertiary/aromatic N) is 2. The smallest absolute Gasteiger partial charge is 0.150 e. The molecule has 0 saturated carbocycles. The zero-order chi connectivity index (χ0) is 15.7. The summed E-state index contributed by atoms with van der Waals surface area (Å²) in [4.78, 5) is 11.1. The summed E-state index contributed by atoms with van der Waals surface area (Å²) >= 11 is 5.78. The molecule has 0 fully saturated rings. The number of hydrogen-bond acceptors (Lipinski definition) is 3. The molecule has 4 nitrogen and oxygen atoms in total. The topological polar surface area (TPSA) is 60.9 Å². The van der Waals surface area contributed by atoms with Gasteiger partial charge in [0, 0.05) is 11.1 Å². The lowest BCUT2D eigenvalue weighted by molar-refractivity contribution is 0.112. The van der Waals surface area contributed by atoms with Crippen LogP contribution in [0.2, 0.25) is 5.02 Å². The fraction of sp³-hybridized carbons (Fsp3) is 0. The predicted molar refractivity (Wildman–Crippen MR) is 83.8 cm³/mol. The number of nitrogens with two attached hydrogens (primary N) is 1. The molecule has 0 spiro atoms. The number of carbonyl (C=O) groups is 1. The third-order valence-corrected chi connectivity index (χ3v) is 3.62. The van der Waals surface area contributed by atoms with E-state index in [2.05, 4.69) is 5.10 Å². The number of hydrogen-bond donors (Lipinski definition) is 1. The maximum atomic E-state index is 13.3. The molecule has 6 heteroatoms. The van der Waals surface area contributed by atoms with Gasteiger partial charge in [-0.15, -0.1) is 0 Å². The molecular weight excluding hydrogens is 305 g/mol. The van der Waals surface area contributed by atoms with E-state index in [9.17, 15) is 9.18 Å². The van der Waals surface area contributed by atoms with Crippen LogP contribution < -0.4 is 5.73 Å². The Kier molecular flexibility index (Phi) is 3.65. The second-order valence-corrected chi connectivity index (χ2v) is 5.07. The number of nitrogen functional groups attached to an aromatic ring is 1. The van der Waals surface area contributed by atoms with Gasteiger partial charge in [-0.3, -0.25) is 4.79 Å². The highest BCUT2D eigenvalue weighted by atomic mass is 35.5. The maximum absolute atomic E-state index is 13.3. The van der Waals surface area contributed by atoms with E-state index in [1.54, 1.807) is 24.4 Å². The molecule has 1 aromatic heterocycles. The number of aromatic nitrogens is 2. The van der Waals surface area contributed by atoms with Crippen molar-refractivity contribution in [3.05, 3.63) is 65.1 Å². The molecule has 0 radical (unpaired) electrons. The summed E-state index contributed by atoms with van der Waals surface area (Å²) in [6.45, 7) is 0. The Morgan fingerprint density at radius 2 is 1.95 bits per heavy atom. The molecule has 0 bridgehead atoms. The second kappa shape index (κ2) is 5.61. The number of carbonyl (C=O) groups excluding carboxylic acids is 1. The van der Waals surface area contributed by atoms with E-state index in [1.165, 1.54) is 22.9 Å². The van der Waals surface area contributed by atoms with E-state index < -0.39 is 5.82 Å². The van der Waals surface area contributed by atoms with Crippen molar-refractivity contribution in [1.82, 2.24) is 9.78 Å². The summed E-state index contributed by atoms with van der Waals surface area (Å²) < 4.78 is 14.7. The summed E-state index contributed by atoms with van der Waals surface area (Å²) in [5.41, 5.74) is 8.50. The van der Waals surface area contributed by atoms with Crippen LogP contribution in [0.3, 0.4) is 0 Å². The van der Waals surface area contributed by atoms with E-state index in [4.69, 9.17) is 17.3 Å². The van der Waals surface area contributed by atoms with Crippen molar-refractivity contribution in [3.8, 4) is 16.8 Å². The first kappa shape index (κ1) is 14.3. The minimum Gasteiger partial charge on any atom is -0.383 e. The minimum absolute atomic E-state index is 0.0118. The Hall–Kier alpha value is -2.66. The Morgan fingerprint density at radius 1 is 1.18 bits per heavy atom. The standard InChI is InChI=1S/C16H11ClFN3O/c17-14-7-11(5-6-15(14)18)21-16(19)13(8-20-21)12-4-2-1-3-10(12)9-22/h1-9H,19H2. The molecule has 0 aliphatic heterocycles. The van der Waals surface area contributed by atoms with E-state index in [0.29, 0.717) is 28.2 Å². The number of benzene rings is 2. The molecule has 3 aromatic rings. The van der Waals surface area contributed by atoms with Crippen LogP contribution in [-0.2, 0) is 0 Å². The van der Waals surface area contributed by atoms with E-state index in [-0.39, 0.29) is 5.02 Å². The van der Waals surface area contributed by atoms with Gasteiger partial charge >= 0.3 is 0 Å². The third kappa shape index (κ3) is 2.35. The first-order valence-electron chi connectivity index (χ1n) is 6.45.